The van der Waals surface area contributed by atoms with E-state index in [-0.39, 0.29) is 0 Å². The fraction of sp³-hybridized carbons (Fsp3) is 0.462. The molecule has 7 heteroatoms. The summed E-state index contributed by atoms with van der Waals surface area (Å²) < 4.78 is 51.0. The molecule has 0 aliphatic carbocycles. The number of rotatable bonds is 5. The average Bonchev–Trinajstić information content (AvgIpc) is 2.37. The Kier molecular flexibility index (Phi) is 5.50. The largest absolute Gasteiger partial charge is 0.416 e. The molecule has 3 nitrogen and oxygen atoms in total. The third-order valence-corrected chi connectivity index (χ3v) is 2.84. The van der Waals surface area contributed by atoms with Gasteiger partial charge in [0.25, 0.3) is 0 Å². The molecule has 0 radical (unpaired) electrons. The van der Waals surface area contributed by atoms with Crippen molar-refractivity contribution in [1.29, 1.82) is 0 Å². The van der Waals surface area contributed by atoms with Gasteiger partial charge in [-0.25, -0.2) is 4.39 Å². The molecule has 0 bridgehead atoms. The second kappa shape index (κ2) is 6.69. The van der Waals surface area contributed by atoms with Crippen molar-refractivity contribution >= 4 is 11.6 Å². The van der Waals surface area contributed by atoms with Crippen LogP contribution >= 0.6 is 0 Å². The molecular weight excluding hydrogens is 276 g/mol. The van der Waals surface area contributed by atoms with Crippen LogP contribution in [0.1, 0.15) is 25.3 Å². The maximum Gasteiger partial charge on any atom is 0.416 e. The van der Waals surface area contributed by atoms with Gasteiger partial charge in [-0.15, -0.1) is 0 Å². The zero-order valence-electron chi connectivity index (χ0n) is 10.9. The Morgan fingerprint density at radius 3 is 2.60 bits per heavy atom. The van der Waals surface area contributed by atoms with Crippen LogP contribution < -0.4 is 11.1 Å². The van der Waals surface area contributed by atoms with Gasteiger partial charge in [-0.2, -0.15) is 13.2 Å². The number of anilines is 1. The van der Waals surface area contributed by atoms with Crippen molar-refractivity contribution in [2.24, 2.45) is 11.7 Å². The van der Waals surface area contributed by atoms with Gasteiger partial charge in [-0.05, 0) is 37.6 Å². The summed E-state index contributed by atoms with van der Waals surface area (Å²) in [4.78, 5) is 11.7. The zero-order valence-corrected chi connectivity index (χ0v) is 10.9. The van der Waals surface area contributed by atoms with E-state index in [2.05, 4.69) is 5.32 Å². The van der Waals surface area contributed by atoms with Crippen molar-refractivity contribution in [3.8, 4) is 0 Å². The highest BCUT2D eigenvalue weighted by atomic mass is 19.4. The van der Waals surface area contributed by atoms with Crippen LogP contribution in [0.2, 0.25) is 0 Å². The predicted octanol–water partition coefficient (Wildman–Crippen LogP) is 3.16. The SMILES string of the molecule is CC(CCCN)C(=O)Nc1cc(C(F)(F)F)ccc1F. The Balaban J connectivity index is 2.84. The highest BCUT2D eigenvalue weighted by Crippen LogP contribution is 2.31. The summed E-state index contributed by atoms with van der Waals surface area (Å²) in [5.41, 5.74) is 3.83. The number of hydrogen-bond donors (Lipinski definition) is 2. The second-order valence-electron chi connectivity index (χ2n) is 4.51. The van der Waals surface area contributed by atoms with E-state index < -0.39 is 35.1 Å². The first kappa shape index (κ1) is 16.4. The molecule has 0 spiro atoms. The van der Waals surface area contributed by atoms with E-state index in [1.165, 1.54) is 0 Å². The number of halogens is 4. The summed E-state index contributed by atoms with van der Waals surface area (Å²) in [6.45, 7) is 2.02. The van der Waals surface area contributed by atoms with Crippen molar-refractivity contribution < 1.29 is 22.4 Å². The van der Waals surface area contributed by atoms with E-state index in [1.807, 2.05) is 0 Å². The van der Waals surface area contributed by atoms with Crippen LogP contribution in [0.4, 0.5) is 23.2 Å². The molecule has 0 aliphatic rings. The minimum atomic E-state index is -4.58. The van der Waals surface area contributed by atoms with E-state index >= 15 is 0 Å². The monoisotopic (exact) mass is 292 g/mol. The molecule has 0 fully saturated rings. The molecule has 0 heterocycles. The lowest BCUT2D eigenvalue weighted by Crippen LogP contribution is -2.22. The number of carbonyl (C=O) groups excluding carboxylic acids is 1. The summed E-state index contributed by atoms with van der Waals surface area (Å²) in [6.07, 6.45) is -3.49. The number of alkyl halides is 3. The molecule has 1 rings (SSSR count). The van der Waals surface area contributed by atoms with Crippen LogP contribution in [0.3, 0.4) is 0 Å². The molecule has 0 saturated heterocycles. The maximum absolute atomic E-state index is 13.4. The summed E-state index contributed by atoms with van der Waals surface area (Å²) in [6, 6.07) is 1.90. The molecular formula is C13H16F4N2O. The van der Waals surface area contributed by atoms with Crippen molar-refractivity contribution in [1.82, 2.24) is 0 Å². The highest BCUT2D eigenvalue weighted by Gasteiger charge is 2.31. The standard InChI is InChI=1S/C13H16F4N2O/c1-8(3-2-6-18)12(20)19-11-7-9(13(15,16)17)4-5-10(11)14/h4-5,7-8H,2-3,6,18H2,1H3,(H,19,20). The van der Waals surface area contributed by atoms with Gasteiger partial charge < -0.3 is 11.1 Å². The molecule has 20 heavy (non-hydrogen) atoms. The molecule has 1 unspecified atom stereocenters. The van der Waals surface area contributed by atoms with Crippen LogP contribution in [0.15, 0.2) is 18.2 Å². The zero-order chi connectivity index (χ0) is 15.3. The topological polar surface area (TPSA) is 55.1 Å². The first-order chi connectivity index (χ1) is 9.25. The van der Waals surface area contributed by atoms with Crippen molar-refractivity contribution in [3.05, 3.63) is 29.6 Å². The van der Waals surface area contributed by atoms with Crippen molar-refractivity contribution in [3.63, 3.8) is 0 Å². The quantitative estimate of drug-likeness (QED) is 0.819. The smallest absolute Gasteiger partial charge is 0.330 e. The minimum absolute atomic E-state index is 0.412. The summed E-state index contributed by atoms with van der Waals surface area (Å²) in [7, 11) is 0. The average molecular weight is 292 g/mol. The Labute approximate surface area is 114 Å². The lowest BCUT2D eigenvalue weighted by molar-refractivity contribution is -0.137. The number of nitrogens with one attached hydrogen (secondary N) is 1. The minimum Gasteiger partial charge on any atom is -0.330 e. The maximum atomic E-state index is 13.4. The van der Waals surface area contributed by atoms with E-state index in [4.69, 9.17) is 5.73 Å². The highest BCUT2D eigenvalue weighted by molar-refractivity contribution is 5.92. The van der Waals surface area contributed by atoms with Crippen molar-refractivity contribution in [2.45, 2.75) is 25.9 Å². The number of nitrogens with two attached hydrogens (primary N) is 1. The number of amides is 1. The van der Waals surface area contributed by atoms with Gasteiger partial charge >= 0.3 is 6.18 Å². The molecule has 0 aromatic heterocycles. The second-order valence-corrected chi connectivity index (χ2v) is 4.51. The molecule has 1 atom stereocenters. The van der Waals surface area contributed by atoms with E-state index in [0.29, 0.717) is 37.6 Å². The Bertz CT molecular complexity index is 474. The first-order valence-electron chi connectivity index (χ1n) is 6.13. The van der Waals surface area contributed by atoms with Crippen LogP contribution in [-0.4, -0.2) is 12.5 Å². The predicted molar refractivity (Wildman–Crippen MR) is 67.5 cm³/mol. The van der Waals surface area contributed by atoms with Gasteiger partial charge in [-0.1, -0.05) is 6.92 Å². The van der Waals surface area contributed by atoms with Gasteiger partial charge in [-0.3, -0.25) is 4.79 Å². The number of carbonyl (C=O) groups is 1. The summed E-state index contributed by atoms with van der Waals surface area (Å²) in [5, 5.41) is 2.18. The van der Waals surface area contributed by atoms with E-state index in [0.717, 1.165) is 0 Å². The normalized spacial score (nSPS) is 13.1. The number of hydrogen-bond acceptors (Lipinski definition) is 2. The number of benzene rings is 1. The lowest BCUT2D eigenvalue weighted by Gasteiger charge is -2.14. The molecule has 3 N–H and O–H groups in total. The van der Waals surface area contributed by atoms with Gasteiger partial charge in [0.15, 0.2) is 0 Å². The third kappa shape index (κ3) is 4.48. The first-order valence-corrected chi connectivity index (χ1v) is 6.13. The fourth-order valence-electron chi connectivity index (χ4n) is 1.61. The molecule has 1 aromatic rings. The van der Waals surface area contributed by atoms with Gasteiger partial charge in [0.2, 0.25) is 5.91 Å². The van der Waals surface area contributed by atoms with Gasteiger partial charge in [0.1, 0.15) is 5.82 Å². The fourth-order valence-corrected chi connectivity index (χ4v) is 1.61. The Morgan fingerprint density at radius 1 is 1.40 bits per heavy atom. The molecule has 1 aromatic carbocycles. The molecule has 0 saturated carbocycles. The molecule has 0 aliphatic heterocycles. The van der Waals surface area contributed by atoms with Crippen LogP contribution in [0.25, 0.3) is 0 Å². The third-order valence-electron chi connectivity index (χ3n) is 2.84. The summed E-state index contributed by atoms with van der Waals surface area (Å²) in [5.74, 6) is -1.89. The van der Waals surface area contributed by atoms with E-state index in [9.17, 15) is 22.4 Å². The van der Waals surface area contributed by atoms with Gasteiger partial charge in [0.05, 0.1) is 11.3 Å². The molecule has 1 amide bonds. The van der Waals surface area contributed by atoms with Crippen LogP contribution in [0.5, 0.6) is 0 Å². The Hall–Kier alpha value is -1.63. The Morgan fingerprint density at radius 2 is 2.05 bits per heavy atom. The van der Waals surface area contributed by atoms with E-state index in [1.54, 1.807) is 6.92 Å². The lowest BCUT2D eigenvalue weighted by atomic mass is 10.0. The molecule has 112 valence electrons. The van der Waals surface area contributed by atoms with Crippen LogP contribution in [-0.2, 0) is 11.0 Å². The van der Waals surface area contributed by atoms with Gasteiger partial charge in [0, 0.05) is 5.92 Å². The van der Waals surface area contributed by atoms with Crippen molar-refractivity contribution in [2.75, 3.05) is 11.9 Å². The van der Waals surface area contributed by atoms with Crippen LogP contribution in [0, 0.1) is 11.7 Å². The summed E-state index contributed by atoms with van der Waals surface area (Å²) >= 11 is 0.